The Bertz CT molecular complexity index is 322. The summed E-state index contributed by atoms with van der Waals surface area (Å²) in [6, 6.07) is -0.0858. The summed E-state index contributed by atoms with van der Waals surface area (Å²) in [7, 11) is 0. The van der Waals surface area contributed by atoms with Crippen molar-refractivity contribution >= 4 is 12.0 Å². The van der Waals surface area contributed by atoms with Gasteiger partial charge >= 0.3 is 12.0 Å². The molecule has 0 spiro atoms. The van der Waals surface area contributed by atoms with E-state index < -0.39 is 11.9 Å². The predicted octanol–water partition coefficient (Wildman–Crippen LogP) is 1.26. The van der Waals surface area contributed by atoms with Crippen molar-refractivity contribution in [2.75, 3.05) is 32.8 Å². The molecule has 1 aliphatic rings. The average Bonchev–Trinajstić information content (AvgIpc) is 2.43. The lowest BCUT2D eigenvalue weighted by atomic mass is 10.1. The van der Waals surface area contributed by atoms with Crippen LogP contribution in [0.1, 0.15) is 27.2 Å². The van der Waals surface area contributed by atoms with Crippen molar-refractivity contribution in [3.8, 4) is 0 Å². The molecule has 1 heterocycles. The summed E-state index contributed by atoms with van der Waals surface area (Å²) in [6.07, 6.45) is 0.967. The molecular formula is C13H24N2O4. The van der Waals surface area contributed by atoms with Gasteiger partial charge in [-0.3, -0.25) is 4.79 Å². The number of aliphatic carboxylic acids is 1. The van der Waals surface area contributed by atoms with Crippen molar-refractivity contribution in [2.24, 2.45) is 5.92 Å². The molecule has 6 heteroatoms. The molecule has 0 bridgehead atoms. The zero-order valence-corrected chi connectivity index (χ0v) is 12.0. The van der Waals surface area contributed by atoms with E-state index in [4.69, 9.17) is 9.84 Å². The topological polar surface area (TPSA) is 70.1 Å². The van der Waals surface area contributed by atoms with E-state index in [1.807, 2.05) is 13.8 Å². The predicted molar refractivity (Wildman–Crippen MR) is 71.0 cm³/mol. The normalized spacial score (nSPS) is 21.0. The van der Waals surface area contributed by atoms with Crippen LogP contribution in [-0.2, 0) is 9.53 Å². The number of carbonyl (C=O) groups excluding carboxylic acids is 1. The number of morpholine rings is 1. The van der Waals surface area contributed by atoms with Gasteiger partial charge in [0.05, 0.1) is 18.6 Å². The van der Waals surface area contributed by atoms with E-state index in [0.29, 0.717) is 26.2 Å². The standard InChI is InChI=1S/C13H24N2O4/c1-4-11-9-15(6-7-19-11)13(18)14(5-2)8-10(3)12(16)17/h10-11H,4-9H2,1-3H3,(H,16,17). The first-order valence-electron chi connectivity index (χ1n) is 6.87. The maximum Gasteiger partial charge on any atom is 0.320 e. The van der Waals surface area contributed by atoms with Gasteiger partial charge in [-0.1, -0.05) is 13.8 Å². The summed E-state index contributed by atoms with van der Waals surface area (Å²) in [5, 5.41) is 8.93. The van der Waals surface area contributed by atoms with E-state index >= 15 is 0 Å². The third-order valence-electron chi connectivity index (χ3n) is 3.43. The Morgan fingerprint density at radius 1 is 1.47 bits per heavy atom. The third-order valence-corrected chi connectivity index (χ3v) is 3.43. The van der Waals surface area contributed by atoms with E-state index in [1.54, 1.807) is 16.7 Å². The second-order valence-electron chi connectivity index (χ2n) is 4.91. The van der Waals surface area contributed by atoms with Crippen LogP contribution in [0.25, 0.3) is 0 Å². The highest BCUT2D eigenvalue weighted by Crippen LogP contribution is 2.12. The number of urea groups is 1. The van der Waals surface area contributed by atoms with Gasteiger partial charge in [0.25, 0.3) is 0 Å². The monoisotopic (exact) mass is 272 g/mol. The number of carboxylic acid groups (broad SMARTS) is 1. The summed E-state index contributed by atoms with van der Waals surface area (Å²) in [4.78, 5) is 26.6. The third kappa shape index (κ3) is 4.38. The fraction of sp³-hybridized carbons (Fsp3) is 0.846. The number of hydrogen-bond acceptors (Lipinski definition) is 3. The van der Waals surface area contributed by atoms with Crippen LogP contribution in [0, 0.1) is 5.92 Å². The number of hydrogen-bond donors (Lipinski definition) is 1. The van der Waals surface area contributed by atoms with Crippen LogP contribution in [-0.4, -0.2) is 65.8 Å². The highest BCUT2D eigenvalue weighted by Gasteiger charge is 2.27. The van der Waals surface area contributed by atoms with Crippen LogP contribution in [0.3, 0.4) is 0 Å². The Morgan fingerprint density at radius 3 is 2.68 bits per heavy atom. The summed E-state index contributed by atoms with van der Waals surface area (Å²) in [5.74, 6) is -1.42. The Kier molecular flexibility index (Phi) is 6.08. The Hall–Kier alpha value is -1.30. The number of amides is 2. The second-order valence-corrected chi connectivity index (χ2v) is 4.91. The van der Waals surface area contributed by atoms with Gasteiger partial charge in [-0.25, -0.2) is 4.79 Å². The van der Waals surface area contributed by atoms with E-state index in [0.717, 1.165) is 6.42 Å². The smallest absolute Gasteiger partial charge is 0.320 e. The van der Waals surface area contributed by atoms with Gasteiger partial charge in [-0.05, 0) is 13.3 Å². The molecule has 1 rings (SSSR count). The minimum absolute atomic E-state index is 0.0858. The highest BCUT2D eigenvalue weighted by atomic mass is 16.5. The lowest BCUT2D eigenvalue weighted by Crippen LogP contribution is -2.52. The second kappa shape index (κ2) is 7.33. The molecule has 1 saturated heterocycles. The molecule has 2 unspecified atom stereocenters. The number of rotatable bonds is 5. The van der Waals surface area contributed by atoms with E-state index in [9.17, 15) is 9.59 Å². The van der Waals surface area contributed by atoms with Gasteiger partial charge in [-0.15, -0.1) is 0 Å². The molecule has 0 aliphatic carbocycles. The van der Waals surface area contributed by atoms with Crippen molar-refractivity contribution in [3.63, 3.8) is 0 Å². The van der Waals surface area contributed by atoms with E-state index in [2.05, 4.69) is 0 Å². The first kappa shape index (κ1) is 15.8. The summed E-state index contributed by atoms with van der Waals surface area (Å²) < 4.78 is 5.53. The lowest BCUT2D eigenvalue weighted by molar-refractivity contribution is -0.141. The summed E-state index contributed by atoms with van der Waals surface area (Å²) >= 11 is 0. The van der Waals surface area contributed by atoms with E-state index in [1.165, 1.54) is 0 Å². The Labute approximate surface area is 114 Å². The molecule has 0 aromatic rings. The molecule has 1 aliphatic heterocycles. The van der Waals surface area contributed by atoms with Crippen molar-refractivity contribution in [1.82, 2.24) is 9.80 Å². The quantitative estimate of drug-likeness (QED) is 0.818. The maximum absolute atomic E-state index is 12.4. The molecular weight excluding hydrogens is 248 g/mol. The minimum atomic E-state index is -0.875. The molecule has 0 aromatic carbocycles. The molecule has 19 heavy (non-hydrogen) atoms. The van der Waals surface area contributed by atoms with Crippen LogP contribution in [0.2, 0.25) is 0 Å². The van der Waals surface area contributed by atoms with Crippen molar-refractivity contribution in [3.05, 3.63) is 0 Å². The lowest BCUT2D eigenvalue weighted by Gasteiger charge is -2.36. The van der Waals surface area contributed by atoms with Crippen LogP contribution in [0.5, 0.6) is 0 Å². The van der Waals surface area contributed by atoms with Gasteiger partial charge in [-0.2, -0.15) is 0 Å². The zero-order chi connectivity index (χ0) is 14.4. The first-order chi connectivity index (χ1) is 8.99. The summed E-state index contributed by atoms with van der Waals surface area (Å²) in [5.41, 5.74) is 0. The Balaban J connectivity index is 2.59. The Morgan fingerprint density at radius 2 is 2.16 bits per heavy atom. The van der Waals surface area contributed by atoms with Gasteiger partial charge in [0.2, 0.25) is 0 Å². The van der Waals surface area contributed by atoms with Gasteiger partial charge in [0, 0.05) is 26.2 Å². The largest absolute Gasteiger partial charge is 0.481 e. The summed E-state index contributed by atoms with van der Waals surface area (Å²) in [6.45, 7) is 8.00. The van der Waals surface area contributed by atoms with Gasteiger partial charge in [0.1, 0.15) is 0 Å². The molecule has 1 N–H and O–H groups in total. The molecule has 0 radical (unpaired) electrons. The highest BCUT2D eigenvalue weighted by molar-refractivity contribution is 5.76. The number of nitrogens with zero attached hydrogens (tertiary/aromatic N) is 2. The van der Waals surface area contributed by atoms with Crippen LogP contribution in [0.4, 0.5) is 4.79 Å². The van der Waals surface area contributed by atoms with Gasteiger partial charge in [0.15, 0.2) is 0 Å². The number of ether oxygens (including phenoxy) is 1. The van der Waals surface area contributed by atoms with Crippen molar-refractivity contribution in [1.29, 1.82) is 0 Å². The molecule has 0 aromatic heterocycles. The molecule has 0 saturated carbocycles. The fourth-order valence-corrected chi connectivity index (χ4v) is 2.09. The molecule has 2 amide bonds. The SMILES string of the molecule is CCC1CN(C(=O)N(CC)CC(C)C(=O)O)CCO1. The van der Waals surface area contributed by atoms with Crippen LogP contribution < -0.4 is 0 Å². The number of carbonyl (C=O) groups is 2. The first-order valence-corrected chi connectivity index (χ1v) is 6.87. The molecule has 2 atom stereocenters. The molecule has 1 fully saturated rings. The maximum atomic E-state index is 12.4. The van der Waals surface area contributed by atoms with Crippen LogP contribution >= 0.6 is 0 Å². The minimum Gasteiger partial charge on any atom is -0.481 e. The number of carboxylic acids is 1. The molecule has 110 valence electrons. The fourth-order valence-electron chi connectivity index (χ4n) is 2.09. The zero-order valence-electron chi connectivity index (χ0n) is 12.0. The average molecular weight is 272 g/mol. The van der Waals surface area contributed by atoms with Crippen LogP contribution in [0.15, 0.2) is 0 Å². The molecule has 6 nitrogen and oxygen atoms in total. The van der Waals surface area contributed by atoms with E-state index in [-0.39, 0.29) is 18.7 Å². The van der Waals surface area contributed by atoms with Crippen molar-refractivity contribution < 1.29 is 19.4 Å². The van der Waals surface area contributed by atoms with Crippen molar-refractivity contribution in [2.45, 2.75) is 33.3 Å². The van der Waals surface area contributed by atoms with Gasteiger partial charge < -0.3 is 19.6 Å².